The van der Waals surface area contributed by atoms with Crippen LogP contribution in [0, 0.1) is 0 Å². The van der Waals surface area contributed by atoms with Crippen molar-refractivity contribution in [2.75, 3.05) is 7.05 Å². The lowest BCUT2D eigenvalue weighted by atomic mass is 9.96. The van der Waals surface area contributed by atoms with Gasteiger partial charge in [-0.15, -0.1) is 0 Å². The molecular weight excluding hydrogens is 254 g/mol. The van der Waals surface area contributed by atoms with E-state index in [0.29, 0.717) is 6.42 Å². The lowest BCUT2D eigenvalue weighted by Gasteiger charge is -2.22. The van der Waals surface area contributed by atoms with Crippen LogP contribution in [0.4, 0.5) is 0 Å². The Kier molecular flexibility index (Phi) is 4.71. The number of rotatable bonds is 6. The molecule has 2 aromatic rings. The van der Waals surface area contributed by atoms with Crippen molar-refractivity contribution in [1.29, 1.82) is 0 Å². The van der Waals surface area contributed by atoms with Crippen LogP contribution in [0.1, 0.15) is 24.5 Å². The molecular formula is C16H19NO3. The van der Waals surface area contributed by atoms with Crippen LogP contribution in [-0.4, -0.2) is 29.3 Å². The summed E-state index contributed by atoms with van der Waals surface area (Å²) in [5, 5.41) is 24.3. The van der Waals surface area contributed by atoms with E-state index in [0.717, 1.165) is 16.3 Å². The second-order valence-corrected chi connectivity index (χ2v) is 4.88. The minimum atomic E-state index is -0.851. The molecule has 3 N–H and O–H groups in total. The van der Waals surface area contributed by atoms with Crippen molar-refractivity contribution in [2.45, 2.75) is 25.0 Å². The van der Waals surface area contributed by atoms with Gasteiger partial charge in [0.2, 0.25) is 0 Å². The van der Waals surface area contributed by atoms with Crippen LogP contribution < -0.4 is 5.32 Å². The van der Waals surface area contributed by atoms with Crippen molar-refractivity contribution in [3.63, 3.8) is 0 Å². The molecule has 2 rings (SSSR count). The van der Waals surface area contributed by atoms with Crippen LogP contribution in [0.5, 0.6) is 0 Å². The van der Waals surface area contributed by atoms with Crippen molar-refractivity contribution in [3.8, 4) is 0 Å². The maximum atomic E-state index is 10.6. The molecule has 0 amide bonds. The average molecular weight is 273 g/mol. The second-order valence-electron chi connectivity index (χ2n) is 4.88. The molecule has 0 aliphatic carbocycles. The zero-order chi connectivity index (χ0) is 14.5. The molecule has 2 aromatic carbocycles. The molecule has 0 saturated carbocycles. The molecule has 0 saturated heterocycles. The number of carboxylic acids is 1. The summed E-state index contributed by atoms with van der Waals surface area (Å²) < 4.78 is 0. The van der Waals surface area contributed by atoms with Gasteiger partial charge >= 0.3 is 5.97 Å². The summed E-state index contributed by atoms with van der Waals surface area (Å²) in [6, 6.07) is 13.5. The van der Waals surface area contributed by atoms with Crippen molar-refractivity contribution < 1.29 is 15.0 Å². The summed E-state index contributed by atoms with van der Waals surface area (Å²) >= 11 is 0. The monoisotopic (exact) mass is 273 g/mol. The Labute approximate surface area is 118 Å². The molecule has 0 radical (unpaired) electrons. The highest BCUT2D eigenvalue weighted by Gasteiger charge is 2.20. The molecule has 106 valence electrons. The fraction of sp³-hybridized carbons (Fsp3) is 0.312. The number of hydrogen-bond donors (Lipinski definition) is 3. The van der Waals surface area contributed by atoms with E-state index >= 15 is 0 Å². The van der Waals surface area contributed by atoms with Crippen molar-refractivity contribution >= 4 is 16.7 Å². The summed E-state index contributed by atoms with van der Waals surface area (Å²) in [4.78, 5) is 10.6. The third-order valence-electron chi connectivity index (χ3n) is 3.54. The lowest BCUT2D eigenvalue weighted by molar-refractivity contribution is -0.137. The third kappa shape index (κ3) is 3.35. The lowest BCUT2D eigenvalue weighted by Crippen LogP contribution is -2.32. The Morgan fingerprint density at radius 2 is 1.90 bits per heavy atom. The maximum Gasteiger partial charge on any atom is 0.303 e. The van der Waals surface area contributed by atoms with Gasteiger partial charge in [0.15, 0.2) is 0 Å². The summed E-state index contributed by atoms with van der Waals surface area (Å²) in [7, 11) is 1.73. The topological polar surface area (TPSA) is 69.6 Å². The predicted molar refractivity (Wildman–Crippen MR) is 78.6 cm³/mol. The molecule has 0 heterocycles. The zero-order valence-electron chi connectivity index (χ0n) is 11.4. The zero-order valence-corrected chi connectivity index (χ0v) is 11.4. The first kappa shape index (κ1) is 14.5. The van der Waals surface area contributed by atoms with E-state index in [9.17, 15) is 9.90 Å². The number of carbonyl (C=O) groups is 1. The summed E-state index contributed by atoms with van der Waals surface area (Å²) in [5.41, 5.74) is 0.799. The Morgan fingerprint density at radius 3 is 2.55 bits per heavy atom. The van der Waals surface area contributed by atoms with Crippen molar-refractivity contribution in [1.82, 2.24) is 5.32 Å². The van der Waals surface area contributed by atoms with Crippen LogP contribution >= 0.6 is 0 Å². The largest absolute Gasteiger partial charge is 0.481 e. The Balaban J connectivity index is 2.20. The standard InChI is InChI=1S/C16H19NO3/c1-17-14(8-9-15(18)19)16(20)13-7-6-11-4-2-3-5-12(11)10-13/h2-7,10,14,16-17,20H,8-9H2,1H3,(H,18,19). The third-order valence-corrected chi connectivity index (χ3v) is 3.54. The molecule has 0 fully saturated rings. The van der Waals surface area contributed by atoms with E-state index in [4.69, 9.17) is 5.11 Å². The van der Waals surface area contributed by atoms with E-state index < -0.39 is 12.1 Å². The van der Waals surface area contributed by atoms with Gasteiger partial charge in [-0.3, -0.25) is 4.79 Å². The molecule has 2 atom stereocenters. The quantitative estimate of drug-likeness (QED) is 0.755. The summed E-state index contributed by atoms with van der Waals surface area (Å²) in [6.07, 6.45) is -0.292. The van der Waals surface area contributed by atoms with E-state index in [1.807, 2.05) is 42.5 Å². The van der Waals surface area contributed by atoms with Crippen LogP contribution in [0.25, 0.3) is 10.8 Å². The van der Waals surface area contributed by atoms with Gasteiger partial charge in [-0.05, 0) is 35.9 Å². The first-order valence-electron chi connectivity index (χ1n) is 6.67. The van der Waals surface area contributed by atoms with Crippen LogP contribution in [0.3, 0.4) is 0 Å². The second kappa shape index (κ2) is 6.50. The van der Waals surface area contributed by atoms with Crippen LogP contribution in [-0.2, 0) is 4.79 Å². The highest BCUT2D eigenvalue weighted by Crippen LogP contribution is 2.24. The minimum absolute atomic E-state index is 0.0378. The molecule has 0 aliphatic rings. The predicted octanol–water partition coefficient (Wildman–Crippen LogP) is 2.33. The Hall–Kier alpha value is -1.91. The number of hydrogen-bond acceptors (Lipinski definition) is 3. The minimum Gasteiger partial charge on any atom is -0.481 e. The summed E-state index contributed by atoms with van der Waals surface area (Å²) in [6.45, 7) is 0. The molecule has 20 heavy (non-hydrogen) atoms. The average Bonchev–Trinajstić information content (AvgIpc) is 2.47. The van der Waals surface area contributed by atoms with E-state index in [-0.39, 0.29) is 12.5 Å². The molecule has 0 spiro atoms. The number of aliphatic hydroxyl groups excluding tert-OH is 1. The first-order chi connectivity index (χ1) is 9.61. The number of aliphatic hydroxyl groups is 1. The summed E-state index contributed by atoms with van der Waals surface area (Å²) in [5.74, 6) is -0.851. The fourth-order valence-electron chi connectivity index (χ4n) is 2.36. The van der Waals surface area contributed by atoms with Crippen LogP contribution in [0.2, 0.25) is 0 Å². The van der Waals surface area contributed by atoms with E-state index in [1.54, 1.807) is 7.05 Å². The molecule has 4 heteroatoms. The molecule has 0 aromatic heterocycles. The number of nitrogens with one attached hydrogen (secondary N) is 1. The van der Waals surface area contributed by atoms with Gasteiger partial charge in [-0.25, -0.2) is 0 Å². The van der Waals surface area contributed by atoms with Gasteiger partial charge in [0, 0.05) is 12.5 Å². The van der Waals surface area contributed by atoms with Gasteiger partial charge in [0.05, 0.1) is 6.10 Å². The molecule has 0 aliphatic heterocycles. The Morgan fingerprint density at radius 1 is 1.20 bits per heavy atom. The van der Waals surface area contributed by atoms with Gasteiger partial charge in [-0.1, -0.05) is 36.4 Å². The van der Waals surface area contributed by atoms with Gasteiger partial charge in [-0.2, -0.15) is 0 Å². The smallest absolute Gasteiger partial charge is 0.303 e. The molecule has 2 unspecified atom stereocenters. The highest BCUT2D eigenvalue weighted by molar-refractivity contribution is 5.83. The number of likely N-dealkylation sites (N-methyl/N-ethyl adjacent to an activating group) is 1. The fourth-order valence-corrected chi connectivity index (χ4v) is 2.36. The van der Waals surface area contributed by atoms with Crippen LogP contribution in [0.15, 0.2) is 42.5 Å². The highest BCUT2D eigenvalue weighted by atomic mass is 16.4. The number of benzene rings is 2. The van der Waals surface area contributed by atoms with Gasteiger partial charge in [0.1, 0.15) is 0 Å². The molecule has 4 nitrogen and oxygen atoms in total. The SMILES string of the molecule is CNC(CCC(=O)O)C(O)c1ccc2ccccc2c1. The van der Waals surface area contributed by atoms with Gasteiger partial charge in [0.25, 0.3) is 0 Å². The first-order valence-corrected chi connectivity index (χ1v) is 6.67. The normalized spacial score (nSPS) is 14.1. The van der Waals surface area contributed by atoms with E-state index in [1.165, 1.54) is 0 Å². The van der Waals surface area contributed by atoms with Crippen molar-refractivity contribution in [2.24, 2.45) is 0 Å². The molecule has 0 bridgehead atoms. The maximum absolute atomic E-state index is 10.6. The Bertz CT molecular complexity index is 597. The number of carboxylic acid groups (broad SMARTS) is 1. The number of fused-ring (bicyclic) bond motifs is 1. The van der Waals surface area contributed by atoms with Gasteiger partial charge < -0.3 is 15.5 Å². The van der Waals surface area contributed by atoms with Crippen molar-refractivity contribution in [3.05, 3.63) is 48.0 Å². The number of aliphatic carboxylic acids is 1. The van der Waals surface area contributed by atoms with E-state index in [2.05, 4.69) is 5.32 Å².